The van der Waals surface area contributed by atoms with E-state index in [1.165, 1.54) is 0 Å². The molecule has 1 saturated heterocycles. The molecule has 0 radical (unpaired) electrons. The van der Waals surface area contributed by atoms with Crippen LogP contribution in [0.5, 0.6) is 0 Å². The van der Waals surface area contributed by atoms with Crippen LogP contribution in [0.25, 0.3) is 0 Å². The van der Waals surface area contributed by atoms with Crippen LogP contribution in [0.15, 0.2) is 42.6 Å². The van der Waals surface area contributed by atoms with Gasteiger partial charge in [-0.1, -0.05) is 12.1 Å². The van der Waals surface area contributed by atoms with Gasteiger partial charge in [0.05, 0.1) is 6.61 Å². The number of ether oxygens (including phenoxy) is 1. The zero-order valence-electron chi connectivity index (χ0n) is 17.3. The minimum absolute atomic E-state index is 0.0492. The van der Waals surface area contributed by atoms with Crippen molar-refractivity contribution in [3.8, 4) is 0 Å². The predicted octanol–water partition coefficient (Wildman–Crippen LogP) is 3.34. The highest BCUT2D eigenvalue weighted by Gasteiger charge is 2.24. The van der Waals surface area contributed by atoms with Gasteiger partial charge in [0.25, 0.3) is 5.91 Å². The van der Waals surface area contributed by atoms with Gasteiger partial charge in [-0.15, -0.1) is 0 Å². The Kier molecular flexibility index (Phi) is 6.69. The molecule has 0 atom stereocenters. The lowest BCUT2D eigenvalue weighted by Gasteiger charge is -2.34. The van der Waals surface area contributed by atoms with Gasteiger partial charge < -0.3 is 19.4 Å². The minimum Gasteiger partial charge on any atom is -0.450 e. The number of hydrogen-bond acceptors (Lipinski definition) is 5. The molecule has 0 N–H and O–H groups in total. The molecule has 2 amide bonds. The average Bonchev–Trinajstić information content (AvgIpc) is 2.75. The molecule has 1 aliphatic heterocycles. The van der Waals surface area contributed by atoms with E-state index < -0.39 is 0 Å². The first-order valence-corrected chi connectivity index (χ1v) is 10.0. The van der Waals surface area contributed by atoms with Gasteiger partial charge >= 0.3 is 6.09 Å². The van der Waals surface area contributed by atoms with Crippen LogP contribution in [-0.4, -0.2) is 61.2 Å². The summed E-state index contributed by atoms with van der Waals surface area (Å²) in [6, 6.07) is 11.5. The van der Waals surface area contributed by atoms with Gasteiger partial charge in [0, 0.05) is 50.2 Å². The number of hydrogen-bond donors (Lipinski definition) is 0. The normalized spacial score (nSPS) is 13.9. The summed E-state index contributed by atoms with van der Waals surface area (Å²) in [6.07, 6.45) is 1.39. The Balaban J connectivity index is 1.72. The molecule has 154 valence electrons. The first kappa shape index (κ1) is 20.6. The highest BCUT2D eigenvalue weighted by molar-refractivity contribution is 6.06. The molecule has 1 aromatic heterocycles. The molecular formula is C22H28N4O3. The lowest BCUT2D eigenvalue weighted by atomic mass is 10.1. The minimum atomic E-state index is -0.277. The molecule has 1 aliphatic rings. The Hall–Kier alpha value is -3.09. The topological polar surface area (TPSA) is 66.0 Å². The molecule has 2 aromatic rings. The lowest BCUT2D eigenvalue weighted by Crippen LogP contribution is -2.49. The van der Waals surface area contributed by atoms with E-state index in [0.29, 0.717) is 44.9 Å². The first-order chi connectivity index (χ1) is 14.0. The van der Waals surface area contributed by atoms with Crippen molar-refractivity contribution in [2.24, 2.45) is 0 Å². The van der Waals surface area contributed by atoms with Crippen LogP contribution in [-0.2, 0) is 4.74 Å². The Morgan fingerprint density at radius 1 is 1.10 bits per heavy atom. The molecule has 3 rings (SSSR count). The van der Waals surface area contributed by atoms with Gasteiger partial charge in [0.2, 0.25) is 0 Å². The van der Waals surface area contributed by atoms with Crippen LogP contribution in [0.3, 0.4) is 0 Å². The second kappa shape index (κ2) is 9.41. The molecule has 0 aliphatic carbocycles. The molecule has 29 heavy (non-hydrogen) atoms. The van der Waals surface area contributed by atoms with Gasteiger partial charge in [0.1, 0.15) is 5.82 Å². The van der Waals surface area contributed by atoms with Crippen LogP contribution in [0.2, 0.25) is 0 Å². The van der Waals surface area contributed by atoms with Gasteiger partial charge in [-0.2, -0.15) is 0 Å². The smallest absolute Gasteiger partial charge is 0.409 e. The van der Waals surface area contributed by atoms with Gasteiger partial charge in [-0.05, 0) is 50.6 Å². The number of aromatic nitrogens is 1. The quantitative estimate of drug-likeness (QED) is 0.776. The first-order valence-electron chi connectivity index (χ1n) is 10.0. The predicted molar refractivity (Wildman–Crippen MR) is 114 cm³/mol. The molecule has 0 saturated carbocycles. The maximum absolute atomic E-state index is 13.1. The Morgan fingerprint density at radius 2 is 1.86 bits per heavy atom. The SMILES string of the molecule is CCOC(=O)N1CCN(c2cc(C(=O)N(CC)c3cccc(C)c3)ccn2)CC1. The standard InChI is InChI=1S/C22H28N4O3/c1-4-26(19-8-6-7-17(3)15-19)21(27)18-9-10-23-20(16-18)24-11-13-25(14-12-24)22(28)29-5-2/h6-10,15-16H,4-5,11-14H2,1-3H3. The molecule has 2 heterocycles. The fourth-order valence-electron chi connectivity index (χ4n) is 3.45. The summed E-state index contributed by atoms with van der Waals surface area (Å²) in [7, 11) is 0. The largest absolute Gasteiger partial charge is 0.450 e. The zero-order chi connectivity index (χ0) is 20.8. The number of aryl methyl sites for hydroxylation is 1. The van der Waals surface area contributed by atoms with E-state index in [1.54, 1.807) is 29.0 Å². The molecule has 0 spiro atoms. The number of anilines is 2. The Bertz CT molecular complexity index is 863. The summed E-state index contributed by atoms with van der Waals surface area (Å²) in [6.45, 7) is 9.19. The number of benzene rings is 1. The number of carbonyl (C=O) groups excluding carboxylic acids is 2. The number of piperazine rings is 1. The fraction of sp³-hybridized carbons (Fsp3) is 0.409. The summed E-state index contributed by atoms with van der Waals surface area (Å²) in [5.74, 6) is 0.701. The van der Waals surface area contributed by atoms with Crippen molar-refractivity contribution in [1.29, 1.82) is 0 Å². The van der Waals surface area contributed by atoms with Crippen molar-refractivity contribution in [2.75, 3.05) is 49.1 Å². The number of nitrogens with zero attached hydrogens (tertiary/aromatic N) is 4. The monoisotopic (exact) mass is 396 g/mol. The molecule has 1 aromatic carbocycles. The second-order valence-corrected chi connectivity index (χ2v) is 6.96. The molecule has 7 heteroatoms. The van der Waals surface area contributed by atoms with Crippen molar-refractivity contribution in [2.45, 2.75) is 20.8 Å². The van der Waals surface area contributed by atoms with E-state index in [0.717, 1.165) is 17.1 Å². The summed E-state index contributed by atoms with van der Waals surface area (Å²) in [5, 5.41) is 0. The van der Waals surface area contributed by atoms with E-state index >= 15 is 0 Å². The van der Waals surface area contributed by atoms with E-state index in [2.05, 4.69) is 9.88 Å². The average molecular weight is 396 g/mol. The molecule has 1 fully saturated rings. The van der Waals surface area contributed by atoms with Crippen molar-refractivity contribution in [1.82, 2.24) is 9.88 Å². The number of pyridine rings is 1. The third-order valence-corrected chi connectivity index (χ3v) is 5.00. The lowest BCUT2D eigenvalue weighted by molar-refractivity contribution is 0.0988. The van der Waals surface area contributed by atoms with Crippen molar-refractivity contribution >= 4 is 23.5 Å². The van der Waals surface area contributed by atoms with Gasteiger partial charge in [-0.25, -0.2) is 9.78 Å². The van der Waals surface area contributed by atoms with Crippen molar-refractivity contribution in [3.05, 3.63) is 53.7 Å². The van der Waals surface area contributed by atoms with Gasteiger partial charge in [-0.3, -0.25) is 4.79 Å². The molecular weight excluding hydrogens is 368 g/mol. The third-order valence-electron chi connectivity index (χ3n) is 5.00. The van der Waals surface area contributed by atoms with E-state index in [1.807, 2.05) is 44.2 Å². The highest BCUT2D eigenvalue weighted by atomic mass is 16.6. The van der Waals surface area contributed by atoms with Crippen molar-refractivity contribution in [3.63, 3.8) is 0 Å². The maximum atomic E-state index is 13.1. The molecule has 7 nitrogen and oxygen atoms in total. The maximum Gasteiger partial charge on any atom is 0.409 e. The third kappa shape index (κ3) is 4.85. The summed E-state index contributed by atoms with van der Waals surface area (Å²) in [5.41, 5.74) is 2.61. The summed E-state index contributed by atoms with van der Waals surface area (Å²) in [4.78, 5) is 35.0. The van der Waals surface area contributed by atoms with E-state index in [-0.39, 0.29) is 12.0 Å². The summed E-state index contributed by atoms with van der Waals surface area (Å²) >= 11 is 0. The Morgan fingerprint density at radius 3 is 2.52 bits per heavy atom. The van der Waals surface area contributed by atoms with Crippen LogP contribution in [0.4, 0.5) is 16.3 Å². The zero-order valence-corrected chi connectivity index (χ0v) is 17.3. The number of rotatable bonds is 5. The van der Waals surface area contributed by atoms with Crippen molar-refractivity contribution < 1.29 is 14.3 Å². The van der Waals surface area contributed by atoms with Crippen LogP contribution in [0.1, 0.15) is 29.8 Å². The highest BCUT2D eigenvalue weighted by Crippen LogP contribution is 2.21. The number of carbonyl (C=O) groups is 2. The fourth-order valence-corrected chi connectivity index (χ4v) is 3.45. The van der Waals surface area contributed by atoms with Crippen LogP contribution in [0, 0.1) is 6.92 Å². The Labute approximate surface area is 171 Å². The van der Waals surface area contributed by atoms with E-state index in [9.17, 15) is 9.59 Å². The number of amides is 2. The van der Waals surface area contributed by atoms with E-state index in [4.69, 9.17) is 4.74 Å². The summed E-state index contributed by atoms with van der Waals surface area (Å²) < 4.78 is 5.06. The van der Waals surface area contributed by atoms with Gasteiger partial charge in [0.15, 0.2) is 0 Å². The van der Waals surface area contributed by atoms with Crippen LogP contribution >= 0.6 is 0 Å². The molecule has 0 unspecified atom stereocenters. The second-order valence-electron chi connectivity index (χ2n) is 6.96. The van der Waals surface area contributed by atoms with Crippen LogP contribution < -0.4 is 9.80 Å². The molecule has 0 bridgehead atoms.